The van der Waals surface area contributed by atoms with Gasteiger partial charge in [0, 0.05) is 45.3 Å². The summed E-state index contributed by atoms with van der Waals surface area (Å²) >= 11 is 0. The molecule has 0 saturated carbocycles. The van der Waals surface area contributed by atoms with Gasteiger partial charge < -0.3 is 9.09 Å². The van der Waals surface area contributed by atoms with Crippen LogP contribution in [0.25, 0.3) is 22.6 Å². The molecule has 0 spiro atoms. The molecular formula is C25H32N8O3. The predicted molar refractivity (Wildman–Crippen MR) is 136 cm³/mol. The monoisotopic (exact) mass is 492 g/mol. The first kappa shape index (κ1) is 24.1. The lowest BCUT2D eigenvalue weighted by atomic mass is 10.1. The molecule has 1 aliphatic heterocycles. The normalized spacial score (nSPS) is 15.2. The van der Waals surface area contributed by atoms with Crippen molar-refractivity contribution in [1.29, 1.82) is 0 Å². The summed E-state index contributed by atoms with van der Waals surface area (Å²) in [5.74, 6) is 2.00. The number of aromatic amines is 1. The summed E-state index contributed by atoms with van der Waals surface area (Å²) in [4.78, 5) is 41.2. The zero-order valence-corrected chi connectivity index (χ0v) is 21.0. The highest BCUT2D eigenvalue weighted by Gasteiger charge is 2.23. The Bertz CT molecular complexity index is 1460. The van der Waals surface area contributed by atoms with Crippen LogP contribution in [0.2, 0.25) is 0 Å². The Hall–Kier alpha value is -3.57. The first-order chi connectivity index (χ1) is 17.4. The number of fused-ring (bicyclic) bond motifs is 1. The molecule has 3 aromatic heterocycles. The van der Waals surface area contributed by atoms with Crippen molar-refractivity contribution in [2.24, 2.45) is 7.05 Å². The van der Waals surface area contributed by atoms with Crippen molar-refractivity contribution < 1.29 is 4.52 Å². The molecule has 0 radical (unpaired) electrons. The molecule has 0 bridgehead atoms. The Morgan fingerprint density at radius 3 is 2.39 bits per heavy atom. The molecule has 1 N–H and O–H groups in total. The van der Waals surface area contributed by atoms with Gasteiger partial charge in [-0.1, -0.05) is 48.3 Å². The Balaban J connectivity index is 1.23. The van der Waals surface area contributed by atoms with Crippen LogP contribution in [0.5, 0.6) is 0 Å². The summed E-state index contributed by atoms with van der Waals surface area (Å²) in [7, 11) is 1.84. The van der Waals surface area contributed by atoms with E-state index >= 15 is 0 Å². The molecule has 4 aromatic rings. The summed E-state index contributed by atoms with van der Waals surface area (Å²) < 4.78 is 8.89. The summed E-state index contributed by atoms with van der Waals surface area (Å²) in [6.07, 6.45) is 1.80. The maximum Gasteiger partial charge on any atom is 0.330 e. The van der Waals surface area contributed by atoms with Crippen molar-refractivity contribution in [2.45, 2.75) is 46.3 Å². The van der Waals surface area contributed by atoms with Crippen LogP contribution in [-0.2, 0) is 26.7 Å². The zero-order valence-electron chi connectivity index (χ0n) is 21.0. The average Bonchev–Trinajstić information content (AvgIpc) is 3.45. The van der Waals surface area contributed by atoms with E-state index in [0.29, 0.717) is 42.5 Å². The third-order valence-corrected chi connectivity index (χ3v) is 6.81. The van der Waals surface area contributed by atoms with E-state index < -0.39 is 11.2 Å². The van der Waals surface area contributed by atoms with Crippen molar-refractivity contribution in [3.8, 4) is 11.4 Å². The Morgan fingerprint density at radius 2 is 1.69 bits per heavy atom. The minimum atomic E-state index is -0.397. The standard InChI is InChI=1S/C25H32N8O3/c1-4-5-10-33-23-21(24(34)28-25(33)35)30(3)19(26-23)15-31-11-13-32(14-12-31)16-20-27-22(29-36-20)18-8-6-17(2)7-9-18/h6-9H,4-5,10-16H2,1-3H3,(H,28,34,35). The van der Waals surface area contributed by atoms with Crippen LogP contribution in [0, 0.1) is 6.92 Å². The maximum absolute atomic E-state index is 12.5. The van der Waals surface area contributed by atoms with Crippen LogP contribution in [0.1, 0.15) is 37.0 Å². The van der Waals surface area contributed by atoms with Gasteiger partial charge in [-0.25, -0.2) is 9.78 Å². The largest absolute Gasteiger partial charge is 0.338 e. The Morgan fingerprint density at radius 1 is 1.00 bits per heavy atom. The molecule has 4 heterocycles. The van der Waals surface area contributed by atoms with Crippen LogP contribution in [0.3, 0.4) is 0 Å². The number of hydrogen-bond acceptors (Lipinski definition) is 8. The van der Waals surface area contributed by atoms with Crippen molar-refractivity contribution >= 4 is 11.2 Å². The van der Waals surface area contributed by atoms with Gasteiger partial charge in [0.05, 0.1) is 13.1 Å². The van der Waals surface area contributed by atoms with Gasteiger partial charge in [0.15, 0.2) is 11.2 Å². The molecule has 11 heteroatoms. The summed E-state index contributed by atoms with van der Waals surface area (Å²) in [5.41, 5.74) is 2.26. The third-order valence-electron chi connectivity index (χ3n) is 6.81. The van der Waals surface area contributed by atoms with Crippen LogP contribution in [-0.4, -0.2) is 65.2 Å². The van der Waals surface area contributed by atoms with Crippen molar-refractivity contribution in [3.63, 3.8) is 0 Å². The molecule has 1 aliphatic rings. The molecule has 1 saturated heterocycles. The first-order valence-corrected chi connectivity index (χ1v) is 12.5. The van der Waals surface area contributed by atoms with Gasteiger partial charge in [-0.3, -0.25) is 24.1 Å². The average molecular weight is 493 g/mol. The molecule has 11 nitrogen and oxygen atoms in total. The third kappa shape index (κ3) is 4.89. The number of rotatable bonds is 8. The quantitative estimate of drug-likeness (QED) is 0.396. The SMILES string of the molecule is CCCCn1c(=O)[nH]c(=O)c2c1nc(CN1CCN(Cc3nc(-c4ccc(C)cc4)no3)CC1)n2C. The maximum atomic E-state index is 12.5. The van der Waals surface area contributed by atoms with E-state index in [1.54, 1.807) is 4.57 Å². The molecule has 1 aromatic carbocycles. The molecule has 190 valence electrons. The van der Waals surface area contributed by atoms with Crippen LogP contribution >= 0.6 is 0 Å². The van der Waals surface area contributed by atoms with E-state index in [1.807, 2.05) is 42.8 Å². The van der Waals surface area contributed by atoms with Crippen LogP contribution < -0.4 is 11.2 Å². The molecule has 36 heavy (non-hydrogen) atoms. The number of piperazine rings is 1. The number of unbranched alkanes of at least 4 members (excludes halogenated alkanes) is 1. The van der Waals surface area contributed by atoms with E-state index in [-0.39, 0.29) is 0 Å². The van der Waals surface area contributed by atoms with Gasteiger partial charge in [-0.2, -0.15) is 4.98 Å². The zero-order chi connectivity index (χ0) is 25.2. The Labute approximate surface area is 208 Å². The highest BCUT2D eigenvalue weighted by Crippen LogP contribution is 2.18. The van der Waals surface area contributed by atoms with E-state index in [2.05, 4.69) is 31.8 Å². The predicted octanol–water partition coefficient (Wildman–Crippen LogP) is 1.90. The van der Waals surface area contributed by atoms with E-state index in [4.69, 9.17) is 9.51 Å². The molecule has 1 fully saturated rings. The molecule has 0 unspecified atom stereocenters. The highest BCUT2D eigenvalue weighted by atomic mass is 16.5. The second kappa shape index (κ2) is 10.2. The van der Waals surface area contributed by atoms with Gasteiger partial charge in [-0.05, 0) is 13.3 Å². The minimum Gasteiger partial charge on any atom is -0.338 e. The van der Waals surface area contributed by atoms with Crippen molar-refractivity contribution in [2.75, 3.05) is 26.2 Å². The number of aryl methyl sites for hydroxylation is 3. The fraction of sp³-hybridized carbons (Fsp3) is 0.480. The number of H-pyrrole nitrogens is 1. The number of aromatic nitrogens is 6. The van der Waals surface area contributed by atoms with Crippen LogP contribution in [0.4, 0.5) is 0 Å². The number of hydrogen-bond donors (Lipinski definition) is 1. The summed E-state index contributed by atoms with van der Waals surface area (Å²) in [5, 5.41) is 4.14. The number of nitrogens with one attached hydrogen (secondary N) is 1. The fourth-order valence-electron chi connectivity index (χ4n) is 4.59. The molecule has 0 amide bonds. The lowest BCUT2D eigenvalue weighted by Crippen LogP contribution is -2.45. The molecule has 0 atom stereocenters. The van der Waals surface area contributed by atoms with Crippen LogP contribution in [0.15, 0.2) is 38.4 Å². The second-order valence-electron chi connectivity index (χ2n) is 9.45. The minimum absolute atomic E-state index is 0.390. The van der Waals surface area contributed by atoms with Gasteiger partial charge in [-0.15, -0.1) is 0 Å². The van der Waals surface area contributed by atoms with E-state index in [9.17, 15) is 9.59 Å². The summed E-state index contributed by atoms with van der Waals surface area (Å²) in [6, 6.07) is 8.08. The van der Waals surface area contributed by atoms with Gasteiger partial charge in [0.1, 0.15) is 5.82 Å². The van der Waals surface area contributed by atoms with E-state index in [0.717, 1.165) is 50.4 Å². The van der Waals surface area contributed by atoms with Gasteiger partial charge in [0.2, 0.25) is 11.7 Å². The van der Waals surface area contributed by atoms with Crippen molar-refractivity contribution in [1.82, 2.24) is 39.0 Å². The number of benzene rings is 1. The molecule has 0 aliphatic carbocycles. The van der Waals surface area contributed by atoms with Gasteiger partial charge in [0.25, 0.3) is 5.56 Å². The number of nitrogens with zero attached hydrogens (tertiary/aromatic N) is 7. The number of imidazole rings is 1. The lowest BCUT2D eigenvalue weighted by molar-refractivity contribution is 0.110. The lowest BCUT2D eigenvalue weighted by Gasteiger charge is -2.33. The second-order valence-corrected chi connectivity index (χ2v) is 9.45. The smallest absolute Gasteiger partial charge is 0.330 e. The Kier molecular flexibility index (Phi) is 6.84. The molecule has 5 rings (SSSR count). The highest BCUT2D eigenvalue weighted by molar-refractivity contribution is 5.70. The van der Waals surface area contributed by atoms with E-state index in [1.165, 1.54) is 5.56 Å². The van der Waals surface area contributed by atoms with Gasteiger partial charge >= 0.3 is 5.69 Å². The molecular weight excluding hydrogens is 460 g/mol. The fourth-order valence-corrected chi connectivity index (χ4v) is 4.59. The topological polar surface area (TPSA) is 118 Å². The van der Waals surface area contributed by atoms with Crippen molar-refractivity contribution in [3.05, 3.63) is 62.4 Å². The summed E-state index contributed by atoms with van der Waals surface area (Å²) in [6.45, 7) is 9.28. The first-order valence-electron chi connectivity index (χ1n) is 12.5.